The lowest BCUT2D eigenvalue weighted by atomic mass is 10.2. The molecule has 0 radical (unpaired) electrons. The van der Waals surface area contributed by atoms with Crippen molar-refractivity contribution in [3.63, 3.8) is 0 Å². The highest BCUT2D eigenvalue weighted by Gasteiger charge is 2.05. The van der Waals surface area contributed by atoms with Crippen molar-refractivity contribution in [1.29, 1.82) is 0 Å². The van der Waals surface area contributed by atoms with Gasteiger partial charge in [-0.3, -0.25) is 4.57 Å². The molecule has 0 atom stereocenters. The van der Waals surface area contributed by atoms with Crippen LogP contribution in [0.3, 0.4) is 0 Å². The summed E-state index contributed by atoms with van der Waals surface area (Å²) in [5, 5.41) is 3.12. The maximum absolute atomic E-state index is 4.48. The lowest BCUT2D eigenvalue weighted by Gasteiger charge is -2.09. The molecule has 0 fully saturated rings. The molecule has 0 saturated carbocycles. The first-order valence-electron chi connectivity index (χ1n) is 5.33. The first kappa shape index (κ1) is 10.8. The summed E-state index contributed by atoms with van der Waals surface area (Å²) in [5.74, 6) is 1.91. The molecule has 0 unspecified atom stereocenters. The molecule has 0 aromatic carbocycles. The van der Waals surface area contributed by atoms with E-state index in [4.69, 9.17) is 0 Å². The molecule has 0 amide bonds. The Morgan fingerprint density at radius 2 is 2.12 bits per heavy atom. The van der Waals surface area contributed by atoms with E-state index >= 15 is 0 Å². The molecular formula is C12H16N4. The normalized spacial score (nSPS) is 10.7. The Hall–Kier alpha value is -1.68. The number of aryl methyl sites for hydroxylation is 2. The highest BCUT2D eigenvalue weighted by atomic mass is 15.1. The molecular weight excluding hydrogens is 200 g/mol. The quantitative estimate of drug-likeness (QED) is 0.847. The largest absolute Gasteiger partial charge is 0.316 e. The molecule has 0 bridgehead atoms. The maximum Gasteiger partial charge on any atom is 0.140 e. The Bertz CT molecular complexity index is 488. The Morgan fingerprint density at radius 3 is 2.69 bits per heavy atom. The van der Waals surface area contributed by atoms with Crippen molar-refractivity contribution in [2.24, 2.45) is 0 Å². The molecule has 0 aliphatic heterocycles. The average molecular weight is 216 g/mol. The minimum absolute atomic E-state index is 0.844. The van der Waals surface area contributed by atoms with E-state index in [1.807, 2.05) is 30.9 Å². The molecule has 2 aromatic rings. The highest BCUT2D eigenvalue weighted by molar-refractivity contribution is 5.36. The van der Waals surface area contributed by atoms with E-state index in [2.05, 4.69) is 28.3 Å². The third-order valence-electron chi connectivity index (χ3n) is 2.54. The van der Waals surface area contributed by atoms with E-state index in [0.29, 0.717) is 0 Å². The van der Waals surface area contributed by atoms with Gasteiger partial charge in [0.2, 0.25) is 0 Å². The summed E-state index contributed by atoms with van der Waals surface area (Å²) in [4.78, 5) is 8.69. The predicted molar refractivity (Wildman–Crippen MR) is 63.6 cm³/mol. The van der Waals surface area contributed by atoms with Gasteiger partial charge in [-0.25, -0.2) is 9.97 Å². The van der Waals surface area contributed by atoms with E-state index < -0.39 is 0 Å². The molecule has 0 aliphatic rings. The van der Waals surface area contributed by atoms with Crippen molar-refractivity contribution in [2.75, 3.05) is 7.05 Å². The molecule has 16 heavy (non-hydrogen) atoms. The molecule has 2 rings (SSSR count). The van der Waals surface area contributed by atoms with E-state index in [1.54, 1.807) is 6.20 Å². The van der Waals surface area contributed by atoms with Crippen molar-refractivity contribution >= 4 is 0 Å². The minimum Gasteiger partial charge on any atom is -0.316 e. The summed E-state index contributed by atoms with van der Waals surface area (Å²) in [5.41, 5.74) is 2.36. The summed E-state index contributed by atoms with van der Waals surface area (Å²) in [6.45, 7) is 4.89. The fourth-order valence-electron chi connectivity index (χ4n) is 1.78. The number of pyridine rings is 1. The van der Waals surface area contributed by atoms with Gasteiger partial charge in [-0.05, 0) is 38.1 Å². The molecule has 0 saturated heterocycles. The van der Waals surface area contributed by atoms with Crippen molar-refractivity contribution in [2.45, 2.75) is 20.4 Å². The van der Waals surface area contributed by atoms with Crippen LogP contribution in [0, 0.1) is 13.8 Å². The molecule has 2 heterocycles. The summed E-state index contributed by atoms with van der Waals surface area (Å²) in [6, 6.07) is 2.15. The van der Waals surface area contributed by atoms with Crippen molar-refractivity contribution in [1.82, 2.24) is 19.9 Å². The summed E-state index contributed by atoms with van der Waals surface area (Å²) < 4.78 is 2.00. The van der Waals surface area contributed by atoms with Crippen LogP contribution in [0.25, 0.3) is 5.82 Å². The second kappa shape index (κ2) is 4.45. The fraction of sp³-hybridized carbons (Fsp3) is 0.333. The molecule has 0 aliphatic carbocycles. The van der Waals surface area contributed by atoms with Gasteiger partial charge in [0.15, 0.2) is 0 Å². The summed E-state index contributed by atoms with van der Waals surface area (Å²) >= 11 is 0. The molecule has 0 spiro atoms. The fourth-order valence-corrected chi connectivity index (χ4v) is 1.78. The van der Waals surface area contributed by atoms with Gasteiger partial charge < -0.3 is 5.32 Å². The lowest BCUT2D eigenvalue weighted by Crippen LogP contribution is -2.08. The number of aromatic nitrogens is 3. The number of rotatable bonds is 3. The van der Waals surface area contributed by atoms with Gasteiger partial charge in [0.25, 0.3) is 0 Å². The van der Waals surface area contributed by atoms with Gasteiger partial charge in [-0.2, -0.15) is 0 Å². The zero-order chi connectivity index (χ0) is 11.5. The lowest BCUT2D eigenvalue weighted by molar-refractivity contribution is 0.807. The zero-order valence-electron chi connectivity index (χ0n) is 9.86. The Balaban J connectivity index is 2.40. The number of hydrogen-bond donors (Lipinski definition) is 1. The Labute approximate surface area is 95.4 Å². The first-order valence-corrected chi connectivity index (χ1v) is 5.33. The smallest absolute Gasteiger partial charge is 0.140 e. The van der Waals surface area contributed by atoms with Gasteiger partial charge >= 0.3 is 0 Å². The number of hydrogen-bond acceptors (Lipinski definition) is 3. The van der Waals surface area contributed by atoms with E-state index in [0.717, 1.165) is 23.8 Å². The van der Waals surface area contributed by atoms with Crippen molar-refractivity contribution < 1.29 is 0 Å². The topological polar surface area (TPSA) is 42.7 Å². The van der Waals surface area contributed by atoms with Crippen LogP contribution in [0.15, 0.2) is 24.7 Å². The van der Waals surface area contributed by atoms with E-state index in [-0.39, 0.29) is 0 Å². The van der Waals surface area contributed by atoms with E-state index in [1.165, 1.54) is 5.56 Å². The number of nitrogens with zero attached hydrogens (tertiary/aromatic N) is 3. The number of imidazole rings is 1. The average Bonchev–Trinajstić information content (AvgIpc) is 2.65. The van der Waals surface area contributed by atoms with Gasteiger partial charge in [-0.1, -0.05) is 0 Å². The van der Waals surface area contributed by atoms with Gasteiger partial charge in [-0.15, -0.1) is 0 Å². The van der Waals surface area contributed by atoms with Crippen LogP contribution in [0.4, 0.5) is 0 Å². The van der Waals surface area contributed by atoms with Crippen LogP contribution in [-0.4, -0.2) is 21.6 Å². The number of nitrogens with one attached hydrogen (secondary N) is 1. The Kier molecular flexibility index (Phi) is 3.01. The second-order valence-electron chi connectivity index (χ2n) is 3.86. The minimum atomic E-state index is 0.844. The van der Waals surface area contributed by atoms with Crippen LogP contribution in [0.5, 0.6) is 0 Å². The summed E-state index contributed by atoms with van der Waals surface area (Å²) in [6.07, 6.45) is 5.62. The molecule has 84 valence electrons. The van der Waals surface area contributed by atoms with Crippen LogP contribution in [0.2, 0.25) is 0 Å². The molecule has 2 aromatic heterocycles. The van der Waals surface area contributed by atoms with Gasteiger partial charge in [0.05, 0.1) is 0 Å². The SMILES string of the molecule is CNCc1cnc(-n2ccnc2C)c(C)c1. The summed E-state index contributed by atoms with van der Waals surface area (Å²) in [7, 11) is 1.93. The third-order valence-corrected chi connectivity index (χ3v) is 2.54. The van der Waals surface area contributed by atoms with Crippen LogP contribution in [0.1, 0.15) is 17.0 Å². The van der Waals surface area contributed by atoms with Crippen LogP contribution < -0.4 is 5.32 Å². The third kappa shape index (κ3) is 1.97. The molecule has 4 nitrogen and oxygen atoms in total. The standard InChI is InChI=1S/C12H16N4/c1-9-6-11(7-13-3)8-15-12(9)16-5-4-14-10(16)2/h4-6,8,13H,7H2,1-3H3. The van der Waals surface area contributed by atoms with Crippen LogP contribution in [-0.2, 0) is 6.54 Å². The van der Waals surface area contributed by atoms with Crippen molar-refractivity contribution in [3.05, 3.63) is 41.6 Å². The second-order valence-corrected chi connectivity index (χ2v) is 3.86. The predicted octanol–water partition coefficient (Wildman–Crippen LogP) is 1.60. The maximum atomic E-state index is 4.48. The van der Waals surface area contributed by atoms with Crippen molar-refractivity contribution in [3.8, 4) is 5.82 Å². The Morgan fingerprint density at radius 1 is 1.31 bits per heavy atom. The highest BCUT2D eigenvalue weighted by Crippen LogP contribution is 2.14. The first-order chi connectivity index (χ1) is 7.72. The molecule has 4 heteroatoms. The molecule has 1 N–H and O–H groups in total. The van der Waals surface area contributed by atoms with Gasteiger partial charge in [0.1, 0.15) is 11.6 Å². The van der Waals surface area contributed by atoms with Gasteiger partial charge in [0, 0.05) is 25.1 Å². The monoisotopic (exact) mass is 216 g/mol. The van der Waals surface area contributed by atoms with Crippen LogP contribution >= 0.6 is 0 Å². The zero-order valence-corrected chi connectivity index (χ0v) is 9.86. The van der Waals surface area contributed by atoms with E-state index in [9.17, 15) is 0 Å².